The Labute approximate surface area is 186 Å². The van der Waals surface area contributed by atoms with Crippen LogP contribution < -0.4 is 4.74 Å². The lowest BCUT2D eigenvalue weighted by Gasteiger charge is -2.33. The molecule has 4 heterocycles. The number of carbonyl (C=O) groups excluding carboxylic acids is 1. The Bertz CT molecular complexity index is 1190. The second-order valence-corrected chi connectivity index (χ2v) is 8.13. The van der Waals surface area contributed by atoms with Gasteiger partial charge in [0.2, 0.25) is 5.88 Å². The normalized spacial score (nSPS) is 21.9. The Morgan fingerprint density at radius 3 is 2.52 bits per heavy atom. The first-order chi connectivity index (χ1) is 15.8. The molecule has 5 rings (SSSR count). The predicted molar refractivity (Wildman–Crippen MR) is 109 cm³/mol. The molecule has 0 aromatic carbocycles. The van der Waals surface area contributed by atoms with E-state index in [-0.39, 0.29) is 35.1 Å². The van der Waals surface area contributed by atoms with Crippen molar-refractivity contribution in [3.05, 3.63) is 72.1 Å². The SMILES string of the molecule is O=C(c1ncccc1-c1ncccc1F)N1CC2CC(Oc3ccc(C(F)(F)F)cn3)C1C2. The number of aromatic nitrogens is 3. The Hall–Kier alpha value is -3.56. The molecule has 3 atom stereocenters. The van der Waals surface area contributed by atoms with Crippen molar-refractivity contribution in [3.63, 3.8) is 0 Å². The van der Waals surface area contributed by atoms with Gasteiger partial charge in [0, 0.05) is 36.8 Å². The van der Waals surface area contributed by atoms with Gasteiger partial charge in [-0.3, -0.25) is 14.8 Å². The molecule has 1 saturated carbocycles. The van der Waals surface area contributed by atoms with E-state index in [1.807, 2.05) is 0 Å². The van der Waals surface area contributed by atoms with Gasteiger partial charge in [-0.1, -0.05) is 0 Å². The van der Waals surface area contributed by atoms with Crippen LogP contribution in [0.3, 0.4) is 0 Å². The summed E-state index contributed by atoms with van der Waals surface area (Å²) in [6, 6.07) is 7.76. The van der Waals surface area contributed by atoms with Gasteiger partial charge in [0.15, 0.2) is 0 Å². The summed E-state index contributed by atoms with van der Waals surface area (Å²) in [5, 5.41) is 0. The summed E-state index contributed by atoms with van der Waals surface area (Å²) >= 11 is 0. The van der Waals surface area contributed by atoms with Crippen molar-refractivity contribution >= 4 is 5.91 Å². The molecule has 1 aliphatic carbocycles. The maximum Gasteiger partial charge on any atom is 0.417 e. The van der Waals surface area contributed by atoms with E-state index in [1.165, 1.54) is 30.6 Å². The highest BCUT2D eigenvalue weighted by Crippen LogP contribution is 2.41. The van der Waals surface area contributed by atoms with Crippen LogP contribution in [0, 0.1) is 11.7 Å². The predicted octanol–water partition coefficient (Wildman–Crippen LogP) is 4.38. The molecule has 1 saturated heterocycles. The number of likely N-dealkylation sites (tertiary alicyclic amines) is 1. The lowest BCUT2D eigenvalue weighted by Crippen LogP contribution is -2.47. The second kappa shape index (κ2) is 8.09. The Balaban J connectivity index is 1.37. The number of rotatable bonds is 4. The van der Waals surface area contributed by atoms with Crippen LogP contribution in [-0.4, -0.2) is 44.4 Å². The summed E-state index contributed by atoms with van der Waals surface area (Å²) < 4.78 is 58.5. The van der Waals surface area contributed by atoms with Crippen LogP contribution in [0.15, 0.2) is 55.0 Å². The van der Waals surface area contributed by atoms with Crippen LogP contribution in [0.5, 0.6) is 5.88 Å². The highest BCUT2D eigenvalue weighted by Gasteiger charge is 2.49. The molecule has 3 aromatic rings. The van der Waals surface area contributed by atoms with Gasteiger partial charge in [-0.2, -0.15) is 13.2 Å². The maximum atomic E-state index is 14.3. The third-order valence-electron chi connectivity index (χ3n) is 6.05. The lowest BCUT2D eigenvalue weighted by atomic mass is 10.0. The molecule has 1 aliphatic heterocycles. The summed E-state index contributed by atoms with van der Waals surface area (Å²) in [7, 11) is 0. The van der Waals surface area contributed by atoms with E-state index in [9.17, 15) is 22.4 Å². The molecule has 2 fully saturated rings. The first kappa shape index (κ1) is 21.3. The van der Waals surface area contributed by atoms with Crippen molar-refractivity contribution in [2.24, 2.45) is 5.92 Å². The smallest absolute Gasteiger partial charge is 0.417 e. The number of nitrogens with zero attached hydrogens (tertiary/aromatic N) is 4. The largest absolute Gasteiger partial charge is 0.472 e. The van der Waals surface area contributed by atoms with Crippen LogP contribution in [0.25, 0.3) is 11.3 Å². The summed E-state index contributed by atoms with van der Waals surface area (Å²) in [6.45, 7) is 0.504. The Kier molecular flexibility index (Phi) is 5.22. The Morgan fingerprint density at radius 1 is 1.03 bits per heavy atom. The third-order valence-corrected chi connectivity index (χ3v) is 6.05. The van der Waals surface area contributed by atoms with Crippen LogP contribution >= 0.6 is 0 Å². The Morgan fingerprint density at radius 2 is 1.82 bits per heavy atom. The number of carbonyl (C=O) groups is 1. The molecular formula is C23H18F4N4O2. The lowest BCUT2D eigenvalue weighted by molar-refractivity contribution is -0.137. The minimum absolute atomic E-state index is 0.0417. The van der Waals surface area contributed by atoms with E-state index in [0.29, 0.717) is 24.9 Å². The molecule has 6 nitrogen and oxygen atoms in total. The van der Waals surface area contributed by atoms with E-state index in [2.05, 4.69) is 15.0 Å². The number of hydrogen-bond donors (Lipinski definition) is 0. The average Bonchev–Trinajstić information content (AvgIpc) is 3.39. The van der Waals surface area contributed by atoms with Gasteiger partial charge in [0.05, 0.1) is 11.6 Å². The standard InChI is InChI=1S/C23H18F4N4O2/c24-16-4-2-8-28-20(16)15-3-1-7-29-21(15)22(32)31-12-13-9-17(31)18(10-13)33-19-6-5-14(11-30-19)23(25,26)27/h1-8,11,13,17-18H,9-10,12H2. The molecule has 3 unspecified atom stereocenters. The zero-order chi connectivity index (χ0) is 23.2. The van der Waals surface area contributed by atoms with E-state index in [1.54, 1.807) is 17.0 Å². The van der Waals surface area contributed by atoms with Crippen molar-refractivity contribution in [1.82, 2.24) is 19.9 Å². The first-order valence-corrected chi connectivity index (χ1v) is 10.4. The number of ether oxygens (including phenoxy) is 1. The van der Waals surface area contributed by atoms with Crippen molar-refractivity contribution in [2.45, 2.75) is 31.2 Å². The average molecular weight is 458 g/mol. The number of piperidine rings is 1. The van der Waals surface area contributed by atoms with Gasteiger partial charge < -0.3 is 9.64 Å². The molecule has 2 bridgehead atoms. The third kappa shape index (κ3) is 4.01. The molecule has 170 valence electrons. The molecule has 10 heteroatoms. The van der Waals surface area contributed by atoms with E-state index < -0.39 is 23.7 Å². The van der Waals surface area contributed by atoms with E-state index >= 15 is 0 Å². The van der Waals surface area contributed by atoms with Crippen LogP contribution in [-0.2, 0) is 6.18 Å². The molecule has 0 N–H and O–H groups in total. The van der Waals surface area contributed by atoms with Crippen molar-refractivity contribution < 1.29 is 27.1 Å². The molecule has 3 aromatic heterocycles. The zero-order valence-electron chi connectivity index (χ0n) is 17.2. The topological polar surface area (TPSA) is 68.2 Å². The molecule has 0 spiro atoms. The second-order valence-electron chi connectivity index (χ2n) is 8.13. The van der Waals surface area contributed by atoms with Crippen LogP contribution in [0.1, 0.15) is 28.9 Å². The van der Waals surface area contributed by atoms with E-state index in [0.717, 1.165) is 12.3 Å². The quantitative estimate of drug-likeness (QED) is 0.543. The zero-order valence-corrected chi connectivity index (χ0v) is 17.2. The van der Waals surface area contributed by atoms with Crippen molar-refractivity contribution in [3.8, 4) is 17.1 Å². The van der Waals surface area contributed by atoms with Gasteiger partial charge >= 0.3 is 6.18 Å². The molecule has 2 aliphatic rings. The maximum absolute atomic E-state index is 14.3. The summed E-state index contributed by atoms with van der Waals surface area (Å²) in [6.07, 6.45) is 0.125. The number of hydrogen-bond acceptors (Lipinski definition) is 5. The number of amides is 1. The van der Waals surface area contributed by atoms with Gasteiger partial charge in [-0.05, 0) is 49.1 Å². The summed E-state index contributed by atoms with van der Waals surface area (Å²) in [5.41, 5.74) is -0.427. The molecule has 0 radical (unpaired) electrons. The molecule has 1 amide bonds. The van der Waals surface area contributed by atoms with Gasteiger partial charge in [-0.15, -0.1) is 0 Å². The van der Waals surface area contributed by atoms with Crippen LogP contribution in [0.2, 0.25) is 0 Å². The fourth-order valence-corrected chi connectivity index (χ4v) is 4.59. The highest BCUT2D eigenvalue weighted by molar-refractivity contribution is 5.99. The number of pyridine rings is 3. The minimum atomic E-state index is -4.48. The van der Waals surface area contributed by atoms with Gasteiger partial charge in [-0.25, -0.2) is 9.37 Å². The fourth-order valence-electron chi connectivity index (χ4n) is 4.59. The molecule has 33 heavy (non-hydrogen) atoms. The van der Waals surface area contributed by atoms with Crippen molar-refractivity contribution in [1.29, 1.82) is 0 Å². The number of alkyl halides is 3. The minimum Gasteiger partial charge on any atom is -0.472 e. The first-order valence-electron chi connectivity index (χ1n) is 10.4. The monoisotopic (exact) mass is 458 g/mol. The van der Waals surface area contributed by atoms with E-state index in [4.69, 9.17) is 4.74 Å². The van der Waals surface area contributed by atoms with Gasteiger partial charge in [0.25, 0.3) is 5.91 Å². The summed E-state index contributed by atoms with van der Waals surface area (Å²) in [5.74, 6) is -0.659. The fraction of sp³-hybridized carbons (Fsp3) is 0.304. The van der Waals surface area contributed by atoms with Crippen LogP contribution in [0.4, 0.5) is 17.6 Å². The highest BCUT2D eigenvalue weighted by atomic mass is 19.4. The van der Waals surface area contributed by atoms with Crippen molar-refractivity contribution in [2.75, 3.05) is 6.54 Å². The molecular weight excluding hydrogens is 440 g/mol. The number of fused-ring (bicyclic) bond motifs is 2. The summed E-state index contributed by atoms with van der Waals surface area (Å²) in [4.78, 5) is 27.1. The van der Waals surface area contributed by atoms with Gasteiger partial charge in [0.1, 0.15) is 23.3 Å². The number of halogens is 4.